The molecule has 1 heterocycles. The van der Waals surface area contributed by atoms with E-state index in [0.29, 0.717) is 10.5 Å². The fourth-order valence-corrected chi connectivity index (χ4v) is 2.75. The Morgan fingerprint density at radius 3 is 2.70 bits per heavy atom. The molecule has 1 aromatic carbocycles. The zero-order valence-corrected chi connectivity index (χ0v) is 11.1. The van der Waals surface area contributed by atoms with E-state index in [1.165, 1.54) is 17.8 Å². The molecule has 1 aromatic rings. The number of phenols is 1. The molecule has 0 radical (unpaired) electrons. The first kappa shape index (κ1) is 14.4. The van der Waals surface area contributed by atoms with E-state index in [1.54, 1.807) is 6.07 Å². The van der Waals surface area contributed by atoms with E-state index < -0.39 is 18.0 Å². The van der Waals surface area contributed by atoms with Crippen molar-refractivity contribution in [1.29, 1.82) is 0 Å². The van der Waals surface area contributed by atoms with Crippen LogP contribution >= 0.6 is 11.8 Å². The van der Waals surface area contributed by atoms with Crippen LogP contribution < -0.4 is 5.73 Å². The Morgan fingerprint density at radius 2 is 2.10 bits per heavy atom. The number of aliphatic imine (C=N–C) groups is 1. The van der Waals surface area contributed by atoms with Gasteiger partial charge in [0.1, 0.15) is 23.2 Å². The number of fused-ring (bicyclic) bond motifs is 1. The van der Waals surface area contributed by atoms with Gasteiger partial charge in [-0.05, 0) is 24.1 Å². The van der Waals surface area contributed by atoms with Crippen LogP contribution in [0.4, 0.5) is 5.69 Å². The van der Waals surface area contributed by atoms with Crippen molar-refractivity contribution in [2.24, 2.45) is 10.7 Å². The van der Waals surface area contributed by atoms with Crippen molar-refractivity contribution in [3.63, 3.8) is 0 Å². The van der Waals surface area contributed by atoms with E-state index in [9.17, 15) is 14.7 Å². The number of benzene rings is 1. The van der Waals surface area contributed by atoms with Gasteiger partial charge < -0.3 is 21.1 Å². The van der Waals surface area contributed by atoms with Gasteiger partial charge in [-0.25, -0.2) is 9.79 Å². The van der Waals surface area contributed by atoms with E-state index in [1.807, 2.05) is 0 Å². The second kappa shape index (κ2) is 5.51. The van der Waals surface area contributed by atoms with Crippen LogP contribution in [0.2, 0.25) is 0 Å². The fourth-order valence-electron chi connectivity index (χ4n) is 1.75. The minimum Gasteiger partial charge on any atom is -0.506 e. The molecule has 106 valence electrons. The molecule has 0 saturated carbocycles. The molecule has 8 heteroatoms. The van der Waals surface area contributed by atoms with Crippen molar-refractivity contribution in [1.82, 2.24) is 0 Å². The number of thioether (sulfide) groups is 1. The summed E-state index contributed by atoms with van der Waals surface area (Å²) in [6.45, 7) is 0. The van der Waals surface area contributed by atoms with Crippen LogP contribution in [0.3, 0.4) is 0 Å². The van der Waals surface area contributed by atoms with Crippen LogP contribution in [0.5, 0.6) is 5.75 Å². The summed E-state index contributed by atoms with van der Waals surface area (Å²) in [6, 6.07) is 1.97. The topological polar surface area (TPSA) is 133 Å². The third kappa shape index (κ3) is 2.91. The van der Waals surface area contributed by atoms with Crippen molar-refractivity contribution < 1.29 is 24.9 Å². The van der Waals surface area contributed by atoms with Crippen LogP contribution in [0, 0.1) is 0 Å². The van der Waals surface area contributed by atoms with Crippen molar-refractivity contribution >= 4 is 35.1 Å². The van der Waals surface area contributed by atoms with E-state index >= 15 is 0 Å². The Labute approximate surface area is 118 Å². The summed E-state index contributed by atoms with van der Waals surface area (Å²) in [5.74, 6) is -2.24. The standard InChI is InChI=1S/C12H12N2O5S/c13-6(11(16)17)1-5-2-8(15)10-9(3-5)20-4-7(14-10)12(18)19/h2-3,6,15H,1,4,13H2,(H,16,17)(H,18,19)/t6-/m0/s1. The lowest BCUT2D eigenvalue weighted by Crippen LogP contribution is -2.32. The maximum Gasteiger partial charge on any atom is 0.351 e. The summed E-state index contributed by atoms with van der Waals surface area (Å²) in [5, 5.41) is 27.5. The highest BCUT2D eigenvalue weighted by Crippen LogP contribution is 2.41. The molecule has 0 bridgehead atoms. The zero-order valence-electron chi connectivity index (χ0n) is 10.2. The summed E-state index contributed by atoms with van der Waals surface area (Å²) in [5.41, 5.74) is 6.18. The first-order chi connectivity index (χ1) is 9.38. The lowest BCUT2D eigenvalue weighted by atomic mass is 10.1. The molecule has 2 rings (SSSR count). The molecular weight excluding hydrogens is 284 g/mol. The van der Waals surface area contributed by atoms with Gasteiger partial charge in [0.25, 0.3) is 0 Å². The molecule has 1 aliphatic rings. The molecule has 0 saturated heterocycles. The third-order valence-electron chi connectivity index (χ3n) is 2.75. The number of hydrogen-bond acceptors (Lipinski definition) is 6. The normalized spacial score (nSPS) is 15.2. The van der Waals surface area contributed by atoms with Crippen molar-refractivity contribution in [2.75, 3.05) is 5.75 Å². The summed E-state index contributed by atoms with van der Waals surface area (Å²) >= 11 is 1.23. The highest BCUT2D eigenvalue weighted by atomic mass is 32.2. The molecule has 0 unspecified atom stereocenters. The summed E-state index contributed by atoms with van der Waals surface area (Å²) in [6.07, 6.45) is 0.0756. The van der Waals surface area contributed by atoms with Gasteiger partial charge in [-0.15, -0.1) is 11.8 Å². The minimum absolute atomic E-state index is 0.0345. The molecule has 7 nitrogen and oxygen atoms in total. The molecule has 0 spiro atoms. The lowest BCUT2D eigenvalue weighted by molar-refractivity contribution is -0.138. The number of phenolic OH excluding ortho intramolecular Hbond substituents is 1. The van der Waals surface area contributed by atoms with Gasteiger partial charge in [0.2, 0.25) is 0 Å². The van der Waals surface area contributed by atoms with Crippen LogP contribution in [0.1, 0.15) is 5.56 Å². The summed E-state index contributed by atoms with van der Waals surface area (Å²) in [7, 11) is 0. The Morgan fingerprint density at radius 1 is 1.40 bits per heavy atom. The SMILES string of the molecule is N[C@@H](Cc1cc(O)c2c(c1)SCC(C(=O)O)=N2)C(=O)O. The second-order valence-corrected chi connectivity index (χ2v) is 5.28. The number of aromatic hydroxyl groups is 1. The lowest BCUT2D eigenvalue weighted by Gasteiger charge is -2.16. The van der Waals surface area contributed by atoms with Crippen LogP contribution in [0.15, 0.2) is 22.0 Å². The number of carboxylic acid groups (broad SMARTS) is 2. The van der Waals surface area contributed by atoms with Gasteiger partial charge >= 0.3 is 11.9 Å². The molecule has 5 N–H and O–H groups in total. The molecule has 1 atom stereocenters. The second-order valence-electron chi connectivity index (χ2n) is 4.26. The Bertz CT molecular complexity index is 614. The highest BCUT2D eigenvalue weighted by molar-refractivity contribution is 8.00. The van der Waals surface area contributed by atoms with Gasteiger partial charge in [-0.1, -0.05) is 0 Å². The molecule has 0 fully saturated rings. The van der Waals surface area contributed by atoms with Gasteiger partial charge in [-0.3, -0.25) is 4.79 Å². The molecule has 20 heavy (non-hydrogen) atoms. The van der Waals surface area contributed by atoms with E-state index in [0.717, 1.165) is 0 Å². The predicted molar refractivity (Wildman–Crippen MR) is 72.9 cm³/mol. The van der Waals surface area contributed by atoms with Crippen LogP contribution in [-0.2, 0) is 16.0 Å². The fraction of sp³-hybridized carbons (Fsp3) is 0.250. The monoisotopic (exact) mass is 296 g/mol. The largest absolute Gasteiger partial charge is 0.506 e. The van der Waals surface area contributed by atoms with Crippen LogP contribution in [-0.4, -0.2) is 44.8 Å². The quantitative estimate of drug-likeness (QED) is 0.639. The predicted octanol–water partition coefficient (Wildman–Crippen LogP) is 0.609. The van der Waals surface area contributed by atoms with E-state index in [-0.39, 0.29) is 29.3 Å². The molecule has 1 aliphatic heterocycles. The first-order valence-electron chi connectivity index (χ1n) is 5.66. The Balaban J connectivity index is 2.34. The average Bonchev–Trinajstić information content (AvgIpc) is 2.38. The number of hydrogen-bond donors (Lipinski definition) is 4. The average molecular weight is 296 g/mol. The third-order valence-corrected chi connectivity index (χ3v) is 3.79. The van der Waals surface area contributed by atoms with E-state index in [2.05, 4.69) is 4.99 Å². The molecule has 0 amide bonds. The van der Waals surface area contributed by atoms with Gasteiger partial charge in [0.15, 0.2) is 0 Å². The Kier molecular flexibility index (Phi) is 3.96. The van der Waals surface area contributed by atoms with Crippen LogP contribution in [0.25, 0.3) is 0 Å². The number of carboxylic acids is 2. The molecule has 0 aromatic heterocycles. The van der Waals surface area contributed by atoms with Gasteiger partial charge in [0, 0.05) is 10.6 Å². The maximum atomic E-state index is 10.9. The zero-order chi connectivity index (χ0) is 14.9. The minimum atomic E-state index is -1.13. The molecule has 0 aliphatic carbocycles. The van der Waals surface area contributed by atoms with Gasteiger partial charge in [0.05, 0.1) is 0 Å². The highest BCUT2D eigenvalue weighted by Gasteiger charge is 2.22. The van der Waals surface area contributed by atoms with E-state index in [4.69, 9.17) is 15.9 Å². The Hall–Kier alpha value is -2.06. The number of nitrogens with zero attached hydrogens (tertiary/aromatic N) is 1. The number of rotatable bonds is 4. The number of aliphatic carboxylic acids is 2. The van der Waals surface area contributed by atoms with Crippen molar-refractivity contribution in [3.8, 4) is 5.75 Å². The number of nitrogens with two attached hydrogens (primary N) is 1. The molecular formula is C12H12N2O5S. The maximum absolute atomic E-state index is 10.9. The summed E-state index contributed by atoms with van der Waals surface area (Å²) in [4.78, 5) is 26.1. The number of carbonyl (C=O) groups is 2. The van der Waals surface area contributed by atoms with Crippen molar-refractivity contribution in [3.05, 3.63) is 17.7 Å². The van der Waals surface area contributed by atoms with Gasteiger partial charge in [-0.2, -0.15) is 0 Å². The van der Waals surface area contributed by atoms with Crippen molar-refractivity contribution in [2.45, 2.75) is 17.4 Å². The first-order valence-corrected chi connectivity index (χ1v) is 6.65. The summed E-state index contributed by atoms with van der Waals surface area (Å²) < 4.78 is 0. The smallest absolute Gasteiger partial charge is 0.351 e.